The average molecular weight is 410 g/mol. The highest BCUT2D eigenvalue weighted by Crippen LogP contribution is 2.41. The molecule has 1 aromatic carbocycles. The lowest BCUT2D eigenvalue weighted by atomic mass is 9.99. The summed E-state index contributed by atoms with van der Waals surface area (Å²) in [6.45, 7) is 1.82. The van der Waals surface area contributed by atoms with Crippen molar-refractivity contribution >= 4 is 44.9 Å². The Morgan fingerprint density at radius 1 is 1.18 bits per heavy atom. The van der Waals surface area contributed by atoms with Gasteiger partial charge in [0.25, 0.3) is 5.91 Å². The predicted molar refractivity (Wildman–Crippen MR) is 107 cm³/mol. The Kier molecular flexibility index (Phi) is 3.82. The van der Waals surface area contributed by atoms with Crippen LogP contribution >= 0.6 is 22.9 Å². The number of carbonyl (C=O) groups is 1. The number of anilines is 1. The summed E-state index contributed by atoms with van der Waals surface area (Å²) in [4.78, 5) is 36.5. The summed E-state index contributed by atoms with van der Waals surface area (Å²) in [5, 5.41) is 3.10. The van der Waals surface area contributed by atoms with E-state index >= 15 is 0 Å². The van der Waals surface area contributed by atoms with Gasteiger partial charge in [0.15, 0.2) is 10.6 Å². The molecule has 5 rings (SSSR count). The first-order valence-corrected chi connectivity index (χ1v) is 9.72. The zero-order valence-corrected chi connectivity index (χ0v) is 16.1. The second kappa shape index (κ2) is 6.25. The zero-order valence-electron chi connectivity index (χ0n) is 14.5. The van der Waals surface area contributed by atoms with Crippen molar-refractivity contribution in [3.63, 3.8) is 0 Å². The lowest BCUT2D eigenvalue weighted by Gasteiger charge is -2.22. The Morgan fingerprint density at radius 3 is 2.68 bits per heavy atom. The standard InChI is InChI=1S/C20H12ClN3O3S/c1-10-8-14-12(9-13(10)21)17(25)15-16(11-2-4-22-5-3-11)24(19(26)18(15)27-14)20-23-6-7-28-20/h2-9,16H,1H3. The number of thiazole rings is 1. The van der Waals surface area contributed by atoms with Crippen molar-refractivity contribution in [1.29, 1.82) is 0 Å². The third-order valence-electron chi connectivity index (χ3n) is 4.80. The highest BCUT2D eigenvalue weighted by Gasteiger charge is 2.44. The van der Waals surface area contributed by atoms with Crippen LogP contribution in [0.4, 0.5) is 5.13 Å². The van der Waals surface area contributed by atoms with E-state index in [-0.39, 0.29) is 11.2 Å². The molecule has 138 valence electrons. The van der Waals surface area contributed by atoms with E-state index in [1.54, 1.807) is 48.2 Å². The number of amides is 1. The van der Waals surface area contributed by atoms with Crippen LogP contribution < -0.4 is 10.3 Å². The average Bonchev–Trinajstić information content (AvgIpc) is 3.31. The Labute approximate surface area is 168 Å². The molecule has 1 atom stereocenters. The number of hydrogen-bond donors (Lipinski definition) is 0. The number of benzene rings is 1. The molecule has 28 heavy (non-hydrogen) atoms. The first kappa shape index (κ1) is 17.1. The summed E-state index contributed by atoms with van der Waals surface area (Å²) < 4.78 is 5.92. The highest BCUT2D eigenvalue weighted by molar-refractivity contribution is 7.13. The van der Waals surface area contributed by atoms with E-state index in [9.17, 15) is 9.59 Å². The van der Waals surface area contributed by atoms with Gasteiger partial charge in [-0.1, -0.05) is 11.6 Å². The van der Waals surface area contributed by atoms with Gasteiger partial charge in [-0.2, -0.15) is 0 Å². The van der Waals surface area contributed by atoms with Crippen molar-refractivity contribution in [2.24, 2.45) is 0 Å². The van der Waals surface area contributed by atoms with Gasteiger partial charge in [0.05, 0.1) is 17.0 Å². The number of hydrogen-bond acceptors (Lipinski definition) is 6. The van der Waals surface area contributed by atoms with Crippen LogP contribution in [0, 0.1) is 6.92 Å². The molecular weight excluding hydrogens is 398 g/mol. The third-order valence-corrected chi connectivity index (χ3v) is 5.98. The maximum absolute atomic E-state index is 13.4. The number of fused-ring (bicyclic) bond motifs is 2. The Bertz CT molecular complexity index is 1290. The monoisotopic (exact) mass is 409 g/mol. The fraction of sp³-hybridized carbons (Fsp3) is 0.100. The summed E-state index contributed by atoms with van der Waals surface area (Å²) >= 11 is 7.55. The molecule has 8 heteroatoms. The van der Waals surface area contributed by atoms with Crippen LogP contribution in [0.1, 0.15) is 33.3 Å². The summed E-state index contributed by atoms with van der Waals surface area (Å²) in [5.41, 5.74) is 1.88. The van der Waals surface area contributed by atoms with E-state index in [0.29, 0.717) is 26.7 Å². The summed E-state index contributed by atoms with van der Waals surface area (Å²) in [5.74, 6) is -0.352. The van der Waals surface area contributed by atoms with Crippen LogP contribution in [0.2, 0.25) is 5.02 Å². The van der Waals surface area contributed by atoms with Gasteiger partial charge in [0.1, 0.15) is 5.58 Å². The zero-order chi connectivity index (χ0) is 19.4. The molecule has 0 aliphatic carbocycles. The molecule has 1 aliphatic heterocycles. The van der Waals surface area contributed by atoms with Crippen LogP contribution in [0.3, 0.4) is 0 Å². The van der Waals surface area contributed by atoms with Gasteiger partial charge < -0.3 is 4.42 Å². The van der Waals surface area contributed by atoms with Crippen molar-refractivity contribution < 1.29 is 9.21 Å². The number of aryl methyl sites for hydroxylation is 1. The minimum absolute atomic E-state index is 0.0382. The van der Waals surface area contributed by atoms with Crippen molar-refractivity contribution in [2.45, 2.75) is 13.0 Å². The highest BCUT2D eigenvalue weighted by atomic mass is 35.5. The molecule has 1 amide bonds. The molecule has 1 unspecified atom stereocenters. The number of aromatic nitrogens is 2. The number of halogens is 1. The predicted octanol–water partition coefficient (Wildman–Crippen LogP) is 4.36. The molecule has 0 saturated carbocycles. The van der Waals surface area contributed by atoms with E-state index in [4.69, 9.17) is 16.0 Å². The van der Waals surface area contributed by atoms with Crippen LogP contribution in [0.25, 0.3) is 11.0 Å². The van der Waals surface area contributed by atoms with E-state index in [1.165, 1.54) is 16.2 Å². The molecular formula is C20H12ClN3O3S. The molecule has 0 saturated heterocycles. The van der Waals surface area contributed by atoms with Gasteiger partial charge >= 0.3 is 0 Å². The number of carbonyl (C=O) groups excluding carboxylic acids is 1. The second-order valence-corrected chi connectivity index (χ2v) is 7.72. The quantitative estimate of drug-likeness (QED) is 0.491. The van der Waals surface area contributed by atoms with Crippen LogP contribution in [-0.2, 0) is 0 Å². The van der Waals surface area contributed by atoms with E-state index < -0.39 is 11.9 Å². The lowest BCUT2D eigenvalue weighted by Crippen LogP contribution is -2.29. The minimum Gasteiger partial charge on any atom is -0.450 e. The van der Waals surface area contributed by atoms with Crippen LogP contribution in [0.5, 0.6) is 0 Å². The maximum Gasteiger partial charge on any atom is 0.297 e. The smallest absolute Gasteiger partial charge is 0.297 e. The normalized spacial score (nSPS) is 16.0. The maximum atomic E-state index is 13.4. The second-order valence-electron chi connectivity index (χ2n) is 6.44. The Balaban J connectivity index is 1.85. The molecule has 1 aliphatic rings. The SMILES string of the molecule is Cc1cc2oc3c(c(=O)c2cc1Cl)C(c1ccncc1)N(c1nccs1)C3=O. The van der Waals surface area contributed by atoms with Crippen molar-refractivity contribution in [2.75, 3.05) is 4.90 Å². The molecule has 0 radical (unpaired) electrons. The minimum atomic E-state index is -0.641. The first-order valence-electron chi connectivity index (χ1n) is 8.46. The van der Waals surface area contributed by atoms with Crippen molar-refractivity contribution in [3.05, 3.63) is 85.9 Å². The number of nitrogens with zero attached hydrogens (tertiary/aromatic N) is 3. The number of pyridine rings is 1. The third kappa shape index (κ3) is 2.40. The fourth-order valence-corrected chi connectivity index (χ4v) is 4.32. The first-order chi connectivity index (χ1) is 13.6. The van der Waals surface area contributed by atoms with Gasteiger partial charge in [-0.05, 0) is 42.3 Å². The van der Waals surface area contributed by atoms with E-state index in [2.05, 4.69) is 9.97 Å². The molecule has 3 aromatic heterocycles. The lowest BCUT2D eigenvalue weighted by molar-refractivity contribution is 0.0971. The molecule has 0 bridgehead atoms. The van der Waals surface area contributed by atoms with Gasteiger partial charge in [-0.15, -0.1) is 11.3 Å². The topological polar surface area (TPSA) is 76.3 Å². The van der Waals surface area contributed by atoms with Crippen LogP contribution in [0.15, 0.2) is 57.4 Å². The molecule has 0 spiro atoms. The fourth-order valence-electron chi connectivity index (χ4n) is 3.49. The largest absolute Gasteiger partial charge is 0.450 e. The molecule has 4 aromatic rings. The molecule has 0 fully saturated rings. The summed E-state index contributed by atoms with van der Waals surface area (Å²) in [6.07, 6.45) is 4.87. The van der Waals surface area contributed by atoms with Gasteiger partial charge in [-0.3, -0.25) is 19.5 Å². The number of rotatable bonds is 2. The van der Waals surface area contributed by atoms with E-state index in [1.807, 2.05) is 6.92 Å². The summed E-state index contributed by atoms with van der Waals surface area (Å²) in [6, 6.07) is 6.19. The van der Waals surface area contributed by atoms with E-state index in [0.717, 1.165) is 11.1 Å². The molecule has 4 heterocycles. The Hall–Kier alpha value is -3.03. The van der Waals surface area contributed by atoms with Gasteiger partial charge in [0.2, 0.25) is 5.76 Å². The Morgan fingerprint density at radius 2 is 1.96 bits per heavy atom. The van der Waals surface area contributed by atoms with Gasteiger partial charge in [0, 0.05) is 29.0 Å². The van der Waals surface area contributed by atoms with Crippen LogP contribution in [-0.4, -0.2) is 15.9 Å². The van der Waals surface area contributed by atoms with Crippen molar-refractivity contribution in [3.8, 4) is 0 Å². The molecule has 6 nitrogen and oxygen atoms in total. The molecule has 0 N–H and O–H groups in total. The summed E-state index contributed by atoms with van der Waals surface area (Å²) in [7, 11) is 0. The van der Waals surface area contributed by atoms with Crippen molar-refractivity contribution in [1.82, 2.24) is 9.97 Å². The van der Waals surface area contributed by atoms with Gasteiger partial charge in [-0.25, -0.2) is 4.98 Å².